The van der Waals surface area contributed by atoms with Gasteiger partial charge in [0.15, 0.2) is 0 Å². The number of halogens is 1. The fraction of sp³-hybridized carbons (Fsp3) is 0.600. The molecule has 0 aliphatic heterocycles. The van der Waals surface area contributed by atoms with E-state index in [9.17, 15) is 0 Å². The van der Waals surface area contributed by atoms with Gasteiger partial charge in [-0.15, -0.1) is 11.6 Å². The van der Waals surface area contributed by atoms with Gasteiger partial charge in [-0.05, 0) is 48.8 Å². The zero-order valence-electron chi connectivity index (χ0n) is 10.7. The number of alkyl halides is 1. The molecule has 1 aromatic rings. The third kappa shape index (κ3) is 3.64. The lowest BCUT2D eigenvalue weighted by atomic mass is 9.82. The molecule has 2 atom stereocenters. The molecule has 17 heavy (non-hydrogen) atoms. The SMILES string of the molecule is CC1CC(C)CC(Oc2ccc(CCl)cc2)C1. The van der Waals surface area contributed by atoms with Gasteiger partial charge in [0.1, 0.15) is 5.75 Å². The largest absolute Gasteiger partial charge is 0.490 e. The van der Waals surface area contributed by atoms with Crippen LogP contribution in [0.15, 0.2) is 24.3 Å². The van der Waals surface area contributed by atoms with Gasteiger partial charge in [0, 0.05) is 5.88 Å². The molecule has 94 valence electrons. The van der Waals surface area contributed by atoms with Crippen LogP contribution < -0.4 is 4.74 Å². The Hall–Kier alpha value is -0.690. The van der Waals surface area contributed by atoms with Crippen molar-refractivity contribution >= 4 is 11.6 Å². The van der Waals surface area contributed by atoms with Crippen LogP contribution in [0.4, 0.5) is 0 Å². The van der Waals surface area contributed by atoms with Crippen LogP contribution in [0, 0.1) is 11.8 Å². The van der Waals surface area contributed by atoms with Crippen molar-refractivity contribution in [1.29, 1.82) is 0 Å². The number of hydrogen-bond donors (Lipinski definition) is 0. The van der Waals surface area contributed by atoms with Gasteiger partial charge >= 0.3 is 0 Å². The predicted octanol–water partition coefficient (Wildman–Crippen LogP) is 4.63. The number of hydrogen-bond acceptors (Lipinski definition) is 1. The second-order valence-electron chi connectivity index (χ2n) is 5.43. The maximum Gasteiger partial charge on any atom is 0.119 e. The van der Waals surface area contributed by atoms with Crippen LogP contribution in [0.5, 0.6) is 5.75 Å². The average molecular weight is 253 g/mol. The lowest BCUT2D eigenvalue weighted by Gasteiger charge is -2.31. The fourth-order valence-electron chi connectivity index (χ4n) is 2.82. The summed E-state index contributed by atoms with van der Waals surface area (Å²) in [6, 6.07) is 8.14. The van der Waals surface area contributed by atoms with Crippen molar-refractivity contribution in [3.63, 3.8) is 0 Å². The summed E-state index contributed by atoms with van der Waals surface area (Å²) in [5.41, 5.74) is 1.14. The maximum absolute atomic E-state index is 6.05. The summed E-state index contributed by atoms with van der Waals surface area (Å²) in [4.78, 5) is 0. The summed E-state index contributed by atoms with van der Waals surface area (Å²) < 4.78 is 6.05. The highest BCUT2D eigenvalue weighted by molar-refractivity contribution is 6.17. The van der Waals surface area contributed by atoms with E-state index in [1.54, 1.807) is 0 Å². The van der Waals surface area contributed by atoms with E-state index in [-0.39, 0.29) is 0 Å². The Bertz CT molecular complexity index is 336. The van der Waals surface area contributed by atoms with Crippen molar-refractivity contribution < 1.29 is 4.74 Å². The lowest BCUT2D eigenvalue weighted by Crippen LogP contribution is -2.28. The van der Waals surface area contributed by atoms with Gasteiger partial charge < -0.3 is 4.74 Å². The van der Waals surface area contributed by atoms with E-state index in [2.05, 4.69) is 13.8 Å². The molecule has 0 aromatic heterocycles. The molecule has 0 bridgehead atoms. The molecule has 0 amide bonds. The Morgan fingerprint density at radius 2 is 1.65 bits per heavy atom. The van der Waals surface area contributed by atoms with Gasteiger partial charge in [0.05, 0.1) is 6.10 Å². The van der Waals surface area contributed by atoms with E-state index in [0.29, 0.717) is 12.0 Å². The molecule has 0 saturated heterocycles. The molecule has 1 aliphatic rings. The minimum atomic E-state index is 0.385. The summed E-state index contributed by atoms with van der Waals surface area (Å²) in [7, 11) is 0. The molecule has 1 fully saturated rings. The monoisotopic (exact) mass is 252 g/mol. The Morgan fingerprint density at radius 1 is 1.06 bits per heavy atom. The van der Waals surface area contributed by atoms with E-state index in [1.807, 2.05) is 24.3 Å². The molecule has 1 nitrogen and oxygen atoms in total. The van der Waals surface area contributed by atoms with Crippen LogP contribution in [0.3, 0.4) is 0 Å². The zero-order chi connectivity index (χ0) is 12.3. The summed E-state index contributed by atoms with van der Waals surface area (Å²) in [5, 5.41) is 0. The van der Waals surface area contributed by atoms with Crippen LogP contribution in [-0.4, -0.2) is 6.10 Å². The first-order valence-electron chi connectivity index (χ1n) is 6.49. The molecule has 1 aliphatic carbocycles. The van der Waals surface area contributed by atoms with Gasteiger partial charge in [-0.2, -0.15) is 0 Å². The normalized spacial score (nSPS) is 29.0. The second-order valence-corrected chi connectivity index (χ2v) is 5.70. The predicted molar refractivity (Wildman–Crippen MR) is 72.6 cm³/mol. The maximum atomic E-state index is 6.05. The molecular weight excluding hydrogens is 232 g/mol. The van der Waals surface area contributed by atoms with Crippen molar-refractivity contribution in [2.45, 2.75) is 45.1 Å². The minimum absolute atomic E-state index is 0.385. The molecule has 1 aromatic carbocycles. The first-order chi connectivity index (χ1) is 8.17. The van der Waals surface area contributed by atoms with Crippen molar-refractivity contribution in [2.75, 3.05) is 0 Å². The molecule has 0 N–H and O–H groups in total. The molecule has 2 rings (SSSR count). The highest BCUT2D eigenvalue weighted by atomic mass is 35.5. The van der Waals surface area contributed by atoms with Crippen molar-refractivity contribution in [3.8, 4) is 5.75 Å². The first kappa shape index (κ1) is 12.8. The molecule has 2 heteroatoms. The minimum Gasteiger partial charge on any atom is -0.490 e. The van der Waals surface area contributed by atoms with E-state index >= 15 is 0 Å². The standard InChI is InChI=1S/C15H21ClO/c1-11-7-12(2)9-15(8-11)17-14-5-3-13(10-16)4-6-14/h3-6,11-12,15H,7-10H2,1-2H3. The van der Waals surface area contributed by atoms with E-state index in [1.165, 1.54) is 19.3 Å². The molecule has 0 heterocycles. The zero-order valence-corrected chi connectivity index (χ0v) is 11.4. The van der Waals surface area contributed by atoms with E-state index in [0.717, 1.165) is 23.1 Å². The van der Waals surface area contributed by atoms with Crippen LogP contribution in [0.2, 0.25) is 0 Å². The van der Waals surface area contributed by atoms with Gasteiger partial charge in [-0.25, -0.2) is 0 Å². The van der Waals surface area contributed by atoms with Crippen LogP contribution in [0.1, 0.15) is 38.7 Å². The van der Waals surface area contributed by atoms with Crippen molar-refractivity contribution in [1.82, 2.24) is 0 Å². The molecular formula is C15H21ClO. The van der Waals surface area contributed by atoms with E-state index < -0.39 is 0 Å². The highest BCUT2D eigenvalue weighted by Gasteiger charge is 2.25. The van der Waals surface area contributed by atoms with Gasteiger partial charge in [-0.3, -0.25) is 0 Å². The number of benzene rings is 1. The van der Waals surface area contributed by atoms with E-state index in [4.69, 9.17) is 16.3 Å². The Morgan fingerprint density at radius 3 is 2.18 bits per heavy atom. The lowest BCUT2D eigenvalue weighted by molar-refractivity contribution is 0.101. The molecule has 1 saturated carbocycles. The Labute approximate surface area is 109 Å². The highest BCUT2D eigenvalue weighted by Crippen LogP contribution is 2.31. The summed E-state index contributed by atoms with van der Waals surface area (Å²) in [5.74, 6) is 3.11. The first-order valence-corrected chi connectivity index (χ1v) is 7.02. The quantitative estimate of drug-likeness (QED) is 0.713. The number of rotatable bonds is 3. The van der Waals surface area contributed by atoms with Crippen molar-refractivity contribution in [3.05, 3.63) is 29.8 Å². The summed E-state index contributed by atoms with van der Waals surface area (Å²) in [6.07, 6.45) is 4.09. The molecule has 0 radical (unpaired) electrons. The third-order valence-corrected chi connectivity index (χ3v) is 3.82. The van der Waals surface area contributed by atoms with Crippen LogP contribution in [0.25, 0.3) is 0 Å². The number of ether oxygens (including phenoxy) is 1. The smallest absolute Gasteiger partial charge is 0.119 e. The van der Waals surface area contributed by atoms with Gasteiger partial charge in [-0.1, -0.05) is 26.0 Å². The summed E-state index contributed by atoms with van der Waals surface area (Å²) >= 11 is 5.77. The van der Waals surface area contributed by atoms with Crippen molar-refractivity contribution in [2.24, 2.45) is 11.8 Å². The van der Waals surface area contributed by atoms with Crippen LogP contribution >= 0.6 is 11.6 Å². The Balaban J connectivity index is 1.95. The second kappa shape index (κ2) is 5.77. The van der Waals surface area contributed by atoms with Gasteiger partial charge in [0.2, 0.25) is 0 Å². The topological polar surface area (TPSA) is 9.23 Å². The molecule has 2 unspecified atom stereocenters. The summed E-state index contributed by atoms with van der Waals surface area (Å²) in [6.45, 7) is 4.64. The van der Waals surface area contributed by atoms with Crippen LogP contribution in [-0.2, 0) is 5.88 Å². The third-order valence-electron chi connectivity index (χ3n) is 3.52. The van der Waals surface area contributed by atoms with Gasteiger partial charge in [0.25, 0.3) is 0 Å². The average Bonchev–Trinajstić information content (AvgIpc) is 2.28. The Kier molecular flexibility index (Phi) is 4.33. The molecule has 0 spiro atoms. The fourth-order valence-corrected chi connectivity index (χ4v) is 3.00.